The van der Waals surface area contributed by atoms with Crippen LogP contribution in [0.5, 0.6) is 0 Å². The molecule has 0 unspecified atom stereocenters. The van der Waals surface area contributed by atoms with Crippen LogP contribution >= 0.6 is 0 Å². The van der Waals surface area contributed by atoms with E-state index in [1.807, 2.05) is 0 Å². The first kappa shape index (κ1) is 17.8. The second kappa shape index (κ2) is 7.12. The molecule has 2 N–H and O–H groups in total. The molecule has 0 spiro atoms. The maximum Gasteiger partial charge on any atom is 0.448 e. The number of halogens is 3. The Morgan fingerprint density at radius 2 is 1.77 bits per heavy atom. The highest BCUT2D eigenvalue weighted by Crippen LogP contribution is 2.29. The van der Waals surface area contributed by atoms with E-state index in [0.717, 1.165) is 5.32 Å². The molecule has 0 saturated heterocycles. The summed E-state index contributed by atoms with van der Waals surface area (Å²) < 4.78 is 47.0. The van der Waals surface area contributed by atoms with Gasteiger partial charge in [0.15, 0.2) is 0 Å². The van der Waals surface area contributed by atoms with Crippen LogP contribution in [0.2, 0.25) is 0 Å². The molecular weight excluding hydrogens is 307 g/mol. The number of hydrogen-bond donors (Lipinski definition) is 2. The van der Waals surface area contributed by atoms with Crippen molar-refractivity contribution < 1.29 is 37.3 Å². The van der Waals surface area contributed by atoms with Crippen molar-refractivity contribution in [1.29, 1.82) is 0 Å². The minimum absolute atomic E-state index is 0.330. The highest BCUT2D eigenvalue weighted by Gasteiger charge is 2.62. The van der Waals surface area contributed by atoms with Crippen LogP contribution in [0.3, 0.4) is 0 Å². The summed E-state index contributed by atoms with van der Waals surface area (Å²) in [6, 6.07) is 8.14. The van der Waals surface area contributed by atoms with Crippen LogP contribution in [0.15, 0.2) is 30.3 Å². The van der Waals surface area contributed by atoms with E-state index >= 15 is 0 Å². The fourth-order valence-electron chi connectivity index (χ4n) is 1.38. The lowest BCUT2D eigenvalue weighted by Gasteiger charge is -2.28. The minimum atomic E-state index is -5.47. The molecule has 1 amide bonds. The lowest BCUT2D eigenvalue weighted by molar-refractivity contribution is -0.270. The average Bonchev–Trinajstić information content (AvgIpc) is 2.45. The van der Waals surface area contributed by atoms with Gasteiger partial charge >= 0.3 is 24.0 Å². The molecular formula is C13H14F3NO5. The zero-order valence-electron chi connectivity index (χ0n) is 11.5. The molecule has 0 aromatic heterocycles. The quantitative estimate of drug-likeness (QED) is 0.637. The molecule has 6 nitrogen and oxygen atoms in total. The van der Waals surface area contributed by atoms with Gasteiger partial charge in [-0.2, -0.15) is 13.2 Å². The zero-order chi connectivity index (χ0) is 16.8. The van der Waals surface area contributed by atoms with Crippen molar-refractivity contribution in [2.24, 2.45) is 0 Å². The second-order valence-electron chi connectivity index (χ2n) is 4.12. The summed E-state index contributed by atoms with van der Waals surface area (Å²) in [5.74, 6) is -2.04. The van der Waals surface area contributed by atoms with Gasteiger partial charge < -0.3 is 14.6 Å². The predicted octanol–water partition coefficient (Wildman–Crippen LogP) is 1.73. The van der Waals surface area contributed by atoms with E-state index in [0.29, 0.717) is 5.56 Å². The molecule has 1 rings (SSSR count). The van der Waals surface area contributed by atoms with E-state index in [-0.39, 0.29) is 6.61 Å². The number of esters is 1. The first-order valence-corrected chi connectivity index (χ1v) is 6.16. The topological polar surface area (TPSA) is 84.9 Å². The Hall–Kier alpha value is -2.29. The largest absolute Gasteiger partial charge is 0.462 e. The van der Waals surface area contributed by atoms with Gasteiger partial charge in [0.2, 0.25) is 0 Å². The molecule has 0 aliphatic rings. The molecule has 22 heavy (non-hydrogen) atoms. The Morgan fingerprint density at radius 3 is 2.27 bits per heavy atom. The molecule has 1 atom stereocenters. The summed E-state index contributed by atoms with van der Waals surface area (Å²) in [7, 11) is 0. The number of aliphatic hydroxyl groups is 1. The van der Waals surface area contributed by atoms with E-state index in [4.69, 9.17) is 0 Å². The van der Waals surface area contributed by atoms with Gasteiger partial charge in [-0.15, -0.1) is 0 Å². The third-order valence-electron chi connectivity index (χ3n) is 2.48. The van der Waals surface area contributed by atoms with E-state index in [1.165, 1.54) is 6.92 Å². The monoisotopic (exact) mass is 321 g/mol. The van der Waals surface area contributed by atoms with Crippen LogP contribution in [0, 0.1) is 0 Å². The van der Waals surface area contributed by atoms with Crippen molar-refractivity contribution in [3.05, 3.63) is 35.9 Å². The van der Waals surface area contributed by atoms with Crippen LogP contribution in [0.1, 0.15) is 12.5 Å². The minimum Gasteiger partial charge on any atom is -0.462 e. The van der Waals surface area contributed by atoms with Crippen molar-refractivity contribution in [2.75, 3.05) is 6.61 Å². The first-order valence-electron chi connectivity index (χ1n) is 6.16. The van der Waals surface area contributed by atoms with E-state index in [9.17, 15) is 27.9 Å². The SMILES string of the molecule is CCOC(=O)[C@@](O)(NC(=O)OCc1ccccc1)C(F)(F)F. The fourth-order valence-corrected chi connectivity index (χ4v) is 1.38. The van der Waals surface area contributed by atoms with Crippen molar-refractivity contribution in [3.8, 4) is 0 Å². The summed E-state index contributed by atoms with van der Waals surface area (Å²) in [6.45, 7) is 0.518. The lowest BCUT2D eigenvalue weighted by Crippen LogP contribution is -2.64. The molecule has 1 aromatic rings. The van der Waals surface area contributed by atoms with Gasteiger partial charge in [0.1, 0.15) is 6.61 Å². The van der Waals surface area contributed by atoms with Crippen molar-refractivity contribution in [1.82, 2.24) is 5.32 Å². The molecule has 0 aliphatic heterocycles. The van der Waals surface area contributed by atoms with Gasteiger partial charge in [0, 0.05) is 0 Å². The highest BCUT2D eigenvalue weighted by atomic mass is 19.4. The predicted molar refractivity (Wildman–Crippen MR) is 67.4 cm³/mol. The van der Waals surface area contributed by atoms with Gasteiger partial charge in [-0.25, -0.2) is 9.59 Å². The molecule has 0 bridgehead atoms. The summed E-state index contributed by atoms with van der Waals surface area (Å²) in [5, 5.41) is 10.5. The molecule has 0 heterocycles. The number of carbonyl (C=O) groups is 2. The maximum absolute atomic E-state index is 12.8. The van der Waals surface area contributed by atoms with Gasteiger partial charge in [0.25, 0.3) is 0 Å². The Labute approximate surface area is 123 Å². The summed E-state index contributed by atoms with van der Waals surface area (Å²) in [4.78, 5) is 22.6. The molecule has 0 saturated carbocycles. The van der Waals surface area contributed by atoms with Crippen LogP contribution in [0.4, 0.5) is 18.0 Å². The van der Waals surface area contributed by atoms with Gasteiger partial charge in [0.05, 0.1) is 6.61 Å². The van der Waals surface area contributed by atoms with E-state index in [2.05, 4.69) is 9.47 Å². The number of amides is 1. The number of carbonyl (C=O) groups excluding carboxylic acids is 2. The average molecular weight is 321 g/mol. The maximum atomic E-state index is 12.8. The molecule has 122 valence electrons. The van der Waals surface area contributed by atoms with Crippen molar-refractivity contribution >= 4 is 12.1 Å². The number of hydrogen-bond acceptors (Lipinski definition) is 5. The molecule has 0 radical (unpaired) electrons. The molecule has 0 fully saturated rings. The van der Waals surface area contributed by atoms with Crippen LogP contribution in [0.25, 0.3) is 0 Å². The van der Waals surface area contributed by atoms with Gasteiger partial charge in [-0.3, -0.25) is 5.32 Å². The van der Waals surface area contributed by atoms with E-state index < -0.39 is 30.6 Å². The Kier molecular flexibility index (Phi) is 5.75. The summed E-state index contributed by atoms with van der Waals surface area (Å²) in [6.07, 6.45) is -7.08. The number of alkyl halides is 3. The Morgan fingerprint density at radius 1 is 1.18 bits per heavy atom. The van der Waals surface area contributed by atoms with E-state index in [1.54, 1.807) is 30.3 Å². The van der Waals surface area contributed by atoms with Gasteiger partial charge in [-0.05, 0) is 12.5 Å². The van der Waals surface area contributed by atoms with Crippen LogP contribution in [-0.4, -0.2) is 35.7 Å². The van der Waals surface area contributed by atoms with Gasteiger partial charge in [-0.1, -0.05) is 30.3 Å². The number of alkyl carbamates (subject to hydrolysis) is 1. The molecule has 1 aromatic carbocycles. The zero-order valence-corrected chi connectivity index (χ0v) is 11.5. The summed E-state index contributed by atoms with van der Waals surface area (Å²) in [5.41, 5.74) is -3.65. The number of benzene rings is 1. The Balaban J connectivity index is 2.73. The smallest absolute Gasteiger partial charge is 0.448 e. The Bertz CT molecular complexity index is 520. The molecule has 0 aliphatic carbocycles. The highest BCUT2D eigenvalue weighted by molar-refractivity contribution is 5.84. The molecule has 9 heteroatoms. The lowest BCUT2D eigenvalue weighted by atomic mass is 10.2. The second-order valence-corrected chi connectivity index (χ2v) is 4.12. The normalized spacial score (nSPS) is 13.9. The number of nitrogens with one attached hydrogen (secondary N) is 1. The fraction of sp³-hybridized carbons (Fsp3) is 0.385. The third kappa shape index (κ3) is 4.35. The number of rotatable bonds is 5. The van der Waals surface area contributed by atoms with Crippen molar-refractivity contribution in [2.45, 2.75) is 25.4 Å². The van der Waals surface area contributed by atoms with Crippen LogP contribution in [-0.2, 0) is 20.9 Å². The van der Waals surface area contributed by atoms with Crippen molar-refractivity contribution in [3.63, 3.8) is 0 Å². The number of ether oxygens (including phenoxy) is 2. The van der Waals surface area contributed by atoms with Crippen LogP contribution < -0.4 is 5.32 Å². The summed E-state index contributed by atoms with van der Waals surface area (Å²) >= 11 is 0. The third-order valence-corrected chi connectivity index (χ3v) is 2.48. The first-order chi connectivity index (χ1) is 10.2. The standard InChI is InChI=1S/C13H14F3NO5/c1-2-21-10(18)12(20,13(14,15)16)17-11(19)22-8-9-6-4-3-5-7-9/h3-7,20H,2,8H2,1H3,(H,17,19)/t12-/m0/s1.